The van der Waals surface area contributed by atoms with Crippen molar-refractivity contribution in [1.82, 2.24) is 0 Å². The molecule has 0 amide bonds. The zero-order valence-electron chi connectivity index (χ0n) is 10.7. The van der Waals surface area contributed by atoms with E-state index in [0.29, 0.717) is 6.04 Å². The molecule has 1 unspecified atom stereocenters. The lowest BCUT2D eigenvalue weighted by Gasteiger charge is -2.27. The van der Waals surface area contributed by atoms with Gasteiger partial charge in [-0.05, 0) is 37.3 Å². The van der Waals surface area contributed by atoms with E-state index in [2.05, 4.69) is 67.6 Å². The highest BCUT2D eigenvalue weighted by atomic mass is 32.1. The fourth-order valence-corrected chi connectivity index (χ4v) is 2.81. The Morgan fingerprint density at radius 1 is 1.18 bits per heavy atom. The molecular formula is C15H19NS. The summed E-state index contributed by atoms with van der Waals surface area (Å²) in [6.07, 6.45) is 1.09. The van der Waals surface area contributed by atoms with Gasteiger partial charge in [-0.15, -0.1) is 11.3 Å². The number of hydrogen-bond acceptors (Lipinski definition) is 2. The van der Waals surface area contributed by atoms with E-state index in [4.69, 9.17) is 0 Å². The number of nitrogens with zero attached hydrogens (tertiary/aromatic N) is 1. The fourth-order valence-electron chi connectivity index (χ4n) is 2.07. The van der Waals surface area contributed by atoms with Crippen molar-refractivity contribution in [2.24, 2.45) is 0 Å². The maximum Gasteiger partial charge on any atom is 0.0504 e. The third-order valence-electron chi connectivity index (χ3n) is 3.25. The van der Waals surface area contributed by atoms with Crippen LogP contribution in [-0.2, 0) is 6.42 Å². The average molecular weight is 245 g/mol. The van der Waals surface area contributed by atoms with Crippen LogP contribution in [0.4, 0.5) is 5.69 Å². The van der Waals surface area contributed by atoms with Gasteiger partial charge in [0.2, 0.25) is 0 Å². The van der Waals surface area contributed by atoms with Crippen LogP contribution in [0, 0.1) is 6.92 Å². The Hall–Kier alpha value is -1.28. The molecule has 0 aliphatic carbocycles. The van der Waals surface area contributed by atoms with Gasteiger partial charge < -0.3 is 4.90 Å². The van der Waals surface area contributed by atoms with E-state index in [1.165, 1.54) is 16.1 Å². The SMILES string of the molecule is Cc1sccc1N(C)C(C)Cc1ccccc1. The Morgan fingerprint density at radius 3 is 2.47 bits per heavy atom. The lowest BCUT2D eigenvalue weighted by Crippen LogP contribution is -2.30. The maximum atomic E-state index is 2.37. The van der Waals surface area contributed by atoms with Gasteiger partial charge in [0.1, 0.15) is 0 Å². The first-order valence-corrected chi connectivity index (χ1v) is 6.87. The molecule has 2 aromatic rings. The molecule has 1 aromatic heterocycles. The molecule has 1 atom stereocenters. The van der Waals surface area contributed by atoms with Crippen LogP contribution >= 0.6 is 11.3 Å². The number of aryl methyl sites for hydroxylation is 1. The number of hydrogen-bond donors (Lipinski definition) is 0. The second-order valence-corrected chi connectivity index (χ2v) is 5.63. The van der Waals surface area contributed by atoms with Crippen LogP contribution in [0.15, 0.2) is 41.8 Å². The van der Waals surface area contributed by atoms with Crippen molar-refractivity contribution in [2.75, 3.05) is 11.9 Å². The van der Waals surface area contributed by atoms with E-state index in [1.54, 1.807) is 0 Å². The quantitative estimate of drug-likeness (QED) is 0.783. The molecule has 0 fully saturated rings. The molecule has 1 heterocycles. The predicted molar refractivity (Wildman–Crippen MR) is 77.1 cm³/mol. The maximum absolute atomic E-state index is 2.37. The van der Waals surface area contributed by atoms with Crippen molar-refractivity contribution >= 4 is 17.0 Å². The second-order valence-electron chi connectivity index (χ2n) is 4.51. The average Bonchev–Trinajstić information content (AvgIpc) is 2.76. The number of rotatable bonds is 4. The third-order valence-corrected chi connectivity index (χ3v) is 4.08. The van der Waals surface area contributed by atoms with Gasteiger partial charge in [0, 0.05) is 18.0 Å². The van der Waals surface area contributed by atoms with Crippen LogP contribution < -0.4 is 4.90 Å². The van der Waals surface area contributed by atoms with Gasteiger partial charge in [0.05, 0.1) is 5.69 Å². The molecule has 0 aliphatic rings. The van der Waals surface area contributed by atoms with E-state index >= 15 is 0 Å². The molecule has 1 aromatic carbocycles. The van der Waals surface area contributed by atoms with Crippen molar-refractivity contribution < 1.29 is 0 Å². The van der Waals surface area contributed by atoms with Crippen LogP contribution in [0.1, 0.15) is 17.4 Å². The van der Waals surface area contributed by atoms with Crippen molar-refractivity contribution in [3.63, 3.8) is 0 Å². The minimum absolute atomic E-state index is 0.519. The monoisotopic (exact) mass is 245 g/mol. The topological polar surface area (TPSA) is 3.24 Å². The molecule has 17 heavy (non-hydrogen) atoms. The van der Waals surface area contributed by atoms with Gasteiger partial charge in [-0.2, -0.15) is 0 Å². The van der Waals surface area contributed by atoms with E-state index in [1.807, 2.05) is 11.3 Å². The molecule has 0 N–H and O–H groups in total. The molecule has 2 heteroatoms. The Balaban J connectivity index is 2.06. The van der Waals surface area contributed by atoms with Gasteiger partial charge in [0.15, 0.2) is 0 Å². The Morgan fingerprint density at radius 2 is 1.88 bits per heavy atom. The molecule has 0 spiro atoms. The molecule has 0 saturated heterocycles. The van der Waals surface area contributed by atoms with Crippen LogP contribution in [0.2, 0.25) is 0 Å². The normalized spacial score (nSPS) is 12.4. The van der Waals surface area contributed by atoms with E-state index < -0.39 is 0 Å². The van der Waals surface area contributed by atoms with Gasteiger partial charge >= 0.3 is 0 Å². The van der Waals surface area contributed by atoms with Gasteiger partial charge in [-0.3, -0.25) is 0 Å². The summed E-state index contributed by atoms with van der Waals surface area (Å²) < 4.78 is 0. The Kier molecular flexibility index (Phi) is 3.85. The second kappa shape index (κ2) is 5.37. The van der Waals surface area contributed by atoms with Crippen LogP contribution in [0.3, 0.4) is 0 Å². The largest absolute Gasteiger partial charge is 0.371 e. The summed E-state index contributed by atoms with van der Waals surface area (Å²) in [5.41, 5.74) is 2.76. The minimum Gasteiger partial charge on any atom is -0.371 e. The predicted octanol–water partition coefficient (Wildman–Crippen LogP) is 4.12. The zero-order chi connectivity index (χ0) is 12.3. The van der Waals surface area contributed by atoms with Crippen LogP contribution in [-0.4, -0.2) is 13.1 Å². The van der Waals surface area contributed by atoms with Crippen molar-refractivity contribution in [2.45, 2.75) is 26.3 Å². The van der Waals surface area contributed by atoms with E-state index in [-0.39, 0.29) is 0 Å². The summed E-state index contributed by atoms with van der Waals surface area (Å²) in [5, 5.41) is 2.16. The highest BCUT2D eigenvalue weighted by molar-refractivity contribution is 7.10. The van der Waals surface area contributed by atoms with E-state index in [9.17, 15) is 0 Å². The van der Waals surface area contributed by atoms with Crippen LogP contribution in [0.25, 0.3) is 0 Å². The molecule has 1 nitrogen and oxygen atoms in total. The summed E-state index contributed by atoms with van der Waals surface area (Å²) in [6.45, 7) is 4.47. The highest BCUT2D eigenvalue weighted by Crippen LogP contribution is 2.26. The molecule has 0 radical (unpaired) electrons. The van der Waals surface area contributed by atoms with Crippen molar-refractivity contribution in [3.05, 3.63) is 52.2 Å². The first-order chi connectivity index (χ1) is 8.18. The van der Waals surface area contributed by atoms with Crippen molar-refractivity contribution in [1.29, 1.82) is 0 Å². The standard InChI is InChI=1S/C15H19NS/c1-12(11-14-7-5-4-6-8-14)16(3)15-9-10-17-13(15)2/h4-10,12H,11H2,1-3H3. The smallest absolute Gasteiger partial charge is 0.0504 e. The number of likely N-dealkylation sites (N-methyl/N-ethyl adjacent to an activating group) is 1. The van der Waals surface area contributed by atoms with Crippen molar-refractivity contribution in [3.8, 4) is 0 Å². The summed E-state index contributed by atoms with van der Waals surface area (Å²) in [4.78, 5) is 3.77. The molecule has 2 rings (SSSR count). The highest BCUT2D eigenvalue weighted by Gasteiger charge is 2.13. The molecule has 0 aliphatic heterocycles. The summed E-state index contributed by atoms with van der Waals surface area (Å²) in [5.74, 6) is 0. The Labute approximate surface area is 108 Å². The minimum atomic E-state index is 0.519. The number of benzene rings is 1. The molecule has 0 saturated carbocycles. The fraction of sp³-hybridized carbons (Fsp3) is 0.333. The first-order valence-electron chi connectivity index (χ1n) is 5.99. The zero-order valence-corrected chi connectivity index (χ0v) is 11.5. The van der Waals surface area contributed by atoms with Gasteiger partial charge in [-0.25, -0.2) is 0 Å². The summed E-state index contributed by atoms with van der Waals surface area (Å²) >= 11 is 1.81. The lowest BCUT2D eigenvalue weighted by molar-refractivity contribution is 0.682. The molecular weight excluding hydrogens is 226 g/mol. The molecule has 0 bridgehead atoms. The van der Waals surface area contributed by atoms with Gasteiger partial charge in [-0.1, -0.05) is 30.3 Å². The lowest BCUT2D eigenvalue weighted by atomic mass is 10.1. The van der Waals surface area contributed by atoms with Crippen LogP contribution in [0.5, 0.6) is 0 Å². The van der Waals surface area contributed by atoms with Gasteiger partial charge in [0.25, 0.3) is 0 Å². The summed E-state index contributed by atoms with van der Waals surface area (Å²) in [6, 6.07) is 13.4. The third kappa shape index (κ3) is 2.89. The first kappa shape index (κ1) is 12.2. The Bertz CT molecular complexity index is 461. The summed E-state index contributed by atoms with van der Waals surface area (Å²) in [7, 11) is 2.18. The van der Waals surface area contributed by atoms with E-state index in [0.717, 1.165) is 6.42 Å². The number of thiophene rings is 1. The number of anilines is 1. The molecule has 90 valence electrons.